The molecule has 3 aromatic rings. The summed E-state index contributed by atoms with van der Waals surface area (Å²) in [6.45, 7) is 0. The molecule has 0 fully saturated rings. The first-order chi connectivity index (χ1) is 11.2. The Bertz CT molecular complexity index is 999. The van der Waals surface area contributed by atoms with Crippen LogP contribution in [0.5, 0.6) is 0 Å². The van der Waals surface area contributed by atoms with Gasteiger partial charge in [-0.3, -0.25) is 9.79 Å². The lowest BCUT2D eigenvalue weighted by Crippen LogP contribution is -2.21. The summed E-state index contributed by atoms with van der Waals surface area (Å²) in [5.74, 6) is 0. The predicted molar refractivity (Wildman–Crippen MR) is 91.7 cm³/mol. The highest BCUT2D eigenvalue weighted by atomic mass is 16.1. The van der Waals surface area contributed by atoms with Crippen molar-refractivity contribution in [1.29, 1.82) is 0 Å². The Labute approximate surface area is 132 Å². The van der Waals surface area contributed by atoms with Gasteiger partial charge in [0.1, 0.15) is 0 Å². The average Bonchev–Trinajstić information content (AvgIpc) is 2.60. The Morgan fingerprint density at radius 1 is 1.09 bits per heavy atom. The van der Waals surface area contributed by atoms with E-state index >= 15 is 0 Å². The molecule has 0 unspecified atom stereocenters. The summed E-state index contributed by atoms with van der Waals surface area (Å²) in [5, 5.41) is 4.44. The third-order valence-electron chi connectivity index (χ3n) is 3.55. The minimum absolute atomic E-state index is 0.259. The first-order valence-corrected chi connectivity index (χ1v) is 6.98. The number of aliphatic imine (C=N–C) groups is 1. The van der Waals surface area contributed by atoms with Gasteiger partial charge >= 0.3 is 0 Å². The fraction of sp³-hybridized carbons (Fsp3) is 0.0588. The van der Waals surface area contributed by atoms with Crippen molar-refractivity contribution in [1.82, 2.24) is 4.57 Å². The molecule has 0 N–H and O–H groups in total. The summed E-state index contributed by atoms with van der Waals surface area (Å²) in [4.78, 5) is 19.8. The van der Waals surface area contributed by atoms with Crippen LogP contribution < -0.4 is 5.56 Å². The smallest absolute Gasteiger partial charge is 0.260 e. The number of benzene rings is 2. The predicted octanol–water partition coefficient (Wildman–Crippen LogP) is 4.23. The van der Waals surface area contributed by atoms with Crippen molar-refractivity contribution in [2.75, 3.05) is 0 Å². The number of para-hydroxylation sites is 2. The first-order valence-electron chi connectivity index (χ1n) is 6.98. The SMILES string of the molecule is Cn1c(=O)c(C=Nc2ccccc2)c(N=[N+]=[N-])c2ccccc21. The van der Waals surface area contributed by atoms with Gasteiger partial charge in [-0.1, -0.05) is 41.5 Å². The Morgan fingerprint density at radius 3 is 2.52 bits per heavy atom. The molecule has 0 saturated carbocycles. The standard InChI is InChI=1S/C17H13N5O/c1-22-15-10-6-5-9-13(15)16(20-21-18)14(17(22)23)11-19-12-7-3-2-4-8-12/h2-11H,1H3. The van der Waals surface area contributed by atoms with Crippen LogP contribution in [0, 0.1) is 0 Å². The summed E-state index contributed by atoms with van der Waals surface area (Å²) in [7, 11) is 1.68. The van der Waals surface area contributed by atoms with E-state index in [2.05, 4.69) is 15.0 Å². The maximum absolute atomic E-state index is 12.6. The zero-order valence-electron chi connectivity index (χ0n) is 12.4. The molecule has 0 spiro atoms. The molecule has 1 aromatic heterocycles. The molecular weight excluding hydrogens is 290 g/mol. The fourth-order valence-electron chi connectivity index (χ4n) is 2.42. The zero-order valence-corrected chi connectivity index (χ0v) is 12.4. The van der Waals surface area contributed by atoms with E-state index in [1.807, 2.05) is 54.6 Å². The summed E-state index contributed by atoms with van der Waals surface area (Å²) in [5.41, 5.74) is 10.6. The first kappa shape index (κ1) is 14.6. The van der Waals surface area contributed by atoms with Gasteiger partial charge in [0.05, 0.1) is 22.5 Å². The van der Waals surface area contributed by atoms with Gasteiger partial charge in [-0.2, -0.15) is 0 Å². The van der Waals surface area contributed by atoms with Crippen molar-refractivity contribution in [3.63, 3.8) is 0 Å². The molecule has 3 rings (SSSR count). The Morgan fingerprint density at radius 2 is 1.78 bits per heavy atom. The highest BCUT2D eigenvalue weighted by Crippen LogP contribution is 2.27. The molecule has 0 aliphatic heterocycles. The number of rotatable bonds is 3. The van der Waals surface area contributed by atoms with Gasteiger partial charge in [0.2, 0.25) is 0 Å². The topological polar surface area (TPSA) is 83.1 Å². The van der Waals surface area contributed by atoms with Crippen LogP contribution in [0.25, 0.3) is 21.3 Å². The van der Waals surface area contributed by atoms with Crippen LogP contribution in [0.3, 0.4) is 0 Å². The molecule has 0 radical (unpaired) electrons. The summed E-state index contributed by atoms with van der Waals surface area (Å²) >= 11 is 0. The number of aromatic nitrogens is 1. The normalized spacial score (nSPS) is 10.8. The average molecular weight is 303 g/mol. The molecule has 1 heterocycles. The van der Waals surface area contributed by atoms with Gasteiger partial charge in [-0.05, 0) is 23.7 Å². The molecule has 0 aliphatic carbocycles. The maximum atomic E-state index is 12.6. The van der Waals surface area contributed by atoms with Gasteiger partial charge in [0.25, 0.3) is 5.56 Å². The molecule has 2 aromatic carbocycles. The van der Waals surface area contributed by atoms with Crippen LogP contribution in [0.1, 0.15) is 5.56 Å². The fourth-order valence-corrected chi connectivity index (χ4v) is 2.42. The summed E-state index contributed by atoms with van der Waals surface area (Å²) in [6.07, 6.45) is 1.45. The van der Waals surface area contributed by atoms with E-state index in [0.29, 0.717) is 16.6 Å². The van der Waals surface area contributed by atoms with E-state index in [9.17, 15) is 4.79 Å². The van der Waals surface area contributed by atoms with Crippen LogP contribution in [-0.4, -0.2) is 10.8 Å². The zero-order chi connectivity index (χ0) is 16.2. The van der Waals surface area contributed by atoms with Crippen LogP contribution in [-0.2, 0) is 7.05 Å². The van der Waals surface area contributed by atoms with Crippen molar-refractivity contribution < 1.29 is 0 Å². The third-order valence-corrected chi connectivity index (χ3v) is 3.55. The number of hydrogen-bond donors (Lipinski definition) is 0. The second-order valence-corrected chi connectivity index (χ2v) is 4.93. The monoisotopic (exact) mass is 303 g/mol. The number of nitrogens with zero attached hydrogens (tertiary/aromatic N) is 5. The number of hydrogen-bond acceptors (Lipinski definition) is 3. The van der Waals surface area contributed by atoms with Gasteiger partial charge in [0.15, 0.2) is 0 Å². The molecule has 112 valence electrons. The van der Waals surface area contributed by atoms with Gasteiger partial charge < -0.3 is 4.57 Å². The quantitative estimate of drug-likeness (QED) is 0.308. The molecule has 0 amide bonds. The largest absolute Gasteiger partial charge is 0.311 e. The molecule has 23 heavy (non-hydrogen) atoms. The molecule has 0 atom stereocenters. The van der Waals surface area contributed by atoms with Crippen LogP contribution in [0.2, 0.25) is 0 Å². The molecule has 6 nitrogen and oxygen atoms in total. The van der Waals surface area contributed by atoms with Crippen molar-refractivity contribution in [3.8, 4) is 0 Å². The van der Waals surface area contributed by atoms with Gasteiger partial charge in [0, 0.05) is 23.6 Å². The minimum Gasteiger partial charge on any atom is -0.311 e. The second-order valence-electron chi connectivity index (χ2n) is 4.93. The van der Waals surface area contributed by atoms with Gasteiger partial charge in [-0.25, -0.2) is 0 Å². The lowest BCUT2D eigenvalue weighted by molar-refractivity contribution is 0.903. The highest BCUT2D eigenvalue weighted by molar-refractivity contribution is 6.00. The van der Waals surface area contributed by atoms with E-state index < -0.39 is 0 Å². The maximum Gasteiger partial charge on any atom is 0.260 e. The summed E-state index contributed by atoms with van der Waals surface area (Å²) in [6, 6.07) is 16.6. The number of aryl methyl sites for hydroxylation is 1. The Balaban J connectivity index is 2.29. The second kappa shape index (κ2) is 6.17. The summed E-state index contributed by atoms with van der Waals surface area (Å²) < 4.78 is 1.53. The third kappa shape index (κ3) is 2.71. The van der Waals surface area contributed by atoms with Crippen molar-refractivity contribution in [3.05, 3.63) is 81.0 Å². The van der Waals surface area contributed by atoms with Crippen LogP contribution in [0.4, 0.5) is 11.4 Å². The lowest BCUT2D eigenvalue weighted by Gasteiger charge is -2.09. The lowest BCUT2D eigenvalue weighted by atomic mass is 10.1. The minimum atomic E-state index is -0.259. The van der Waals surface area contributed by atoms with E-state index in [4.69, 9.17) is 5.53 Å². The highest BCUT2D eigenvalue weighted by Gasteiger charge is 2.12. The number of fused-ring (bicyclic) bond motifs is 1. The molecule has 0 saturated heterocycles. The van der Waals surface area contributed by atoms with E-state index in [1.165, 1.54) is 10.8 Å². The van der Waals surface area contributed by atoms with Crippen LogP contribution in [0.15, 0.2) is 69.5 Å². The molecular formula is C17H13N5O. The van der Waals surface area contributed by atoms with E-state index in [0.717, 1.165) is 5.69 Å². The van der Waals surface area contributed by atoms with E-state index in [1.54, 1.807) is 7.05 Å². The molecule has 0 bridgehead atoms. The van der Waals surface area contributed by atoms with E-state index in [-0.39, 0.29) is 11.1 Å². The molecule has 0 aliphatic rings. The number of azide groups is 1. The van der Waals surface area contributed by atoms with Crippen molar-refractivity contribution >= 4 is 28.5 Å². The van der Waals surface area contributed by atoms with Crippen molar-refractivity contribution in [2.24, 2.45) is 17.2 Å². The number of pyridine rings is 1. The molecule has 6 heteroatoms. The Hall–Kier alpha value is -3.37. The van der Waals surface area contributed by atoms with Crippen molar-refractivity contribution in [2.45, 2.75) is 0 Å². The Kier molecular flexibility index (Phi) is 3.91. The van der Waals surface area contributed by atoms with Gasteiger partial charge in [-0.15, -0.1) is 0 Å². The van der Waals surface area contributed by atoms with Crippen LogP contribution >= 0.6 is 0 Å².